The molecule has 1 atom stereocenters. The fourth-order valence-corrected chi connectivity index (χ4v) is 5.66. The normalized spacial score (nSPS) is 12.8. The summed E-state index contributed by atoms with van der Waals surface area (Å²) >= 11 is 36.3. The molecule has 0 saturated carbocycles. The molecule has 1 unspecified atom stereocenters. The Balaban J connectivity index is 2.49. The molecule has 0 heterocycles. The molecule has 0 saturated heterocycles. The summed E-state index contributed by atoms with van der Waals surface area (Å²) in [4.78, 5) is 0. The molecule has 0 spiro atoms. The molecule has 0 amide bonds. The van der Waals surface area contributed by atoms with Crippen LogP contribution in [0.15, 0.2) is 24.3 Å². The minimum Gasteiger partial charge on any atom is -0.413 e. The third-order valence-corrected chi connectivity index (χ3v) is 7.37. The summed E-state index contributed by atoms with van der Waals surface area (Å²) in [5.74, 6) is 0.00477. The highest BCUT2D eigenvalue weighted by Gasteiger charge is 2.37. The largest absolute Gasteiger partial charge is 0.433 e. The van der Waals surface area contributed by atoms with Crippen LogP contribution in [0.3, 0.4) is 0 Å². The van der Waals surface area contributed by atoms with Crippen molar-refractivity contribution in [3.05, 3.63) is 54.4 Å². The molecule has 2 aromatic rings. The van der Waals surface area contributed by atoms with Crippen LogP contribution in [0, 0.1) is 0 Å². The SMILES string of the molecule is CCC(C)P(=O)(Oc1c(Cl)cc(Cl)cc1Cl)Oc1c(Cl)cc(Cl)cc1Cl. The van der Waals surface area contributed by atoms with Gasteiger partial charge in [0.15, 0.2) is 11.5 Å². The average Bonchev–Trinajstić information content (AvgIpc) is 2.53. The third kappa shape index (κ3) is 5.08. The van der Waals surface area contributed by atoms with Crippen LogP contribution in [0.5, 0.6) is 11.5 Å². The monoisotopic (exact) mass is 494 g/mol. The lowest BCUT2D eigenvalue weighted by Crippen LogP contribution is -2.14. The smallest absolute Gasteiger partial charge is 0.413 e. The van der Waals surface area contributed by atoms with Gasteiger partial charge in [-0.2, -0.15) is 0 Å². The second kappa shape index (κ2) is 9.01. The molecule has 0 N–H and O–H groups in total. The van der Waals surface area contributed by atoms with Gasteiger partial charge in [-0.05, 0) is 37.6 Å². The molecule has 0 aromatic heterocycles. The van der Waals surface area contributed by atoms with Gasteiger partial charge in [0.1, 0.15) is 0 Å². The van der Waals surface area contributed by atoms with E-state index in [1.807, 2.05) is 6.92 Å². The molecular formula is C16H13Cl6O3P. The Kier molecular flexibility index (Phi) is 7.73. The van der Waals surface area contributed by atoms with Crippen molar-refractivity contribution in [3.63, 3.8) is 0 Å². The van der Waals surface area contributed by atoms with Gasteiger partial charge in [0.25, 0.3) is 0 Å². The zero-order valence-electron chi connectivity index (χ0n) is 13.5. The van der Waals surface area contributed by atoms with Crippen LogP contribution in [-0.4, -0.2) is 5.66 Å². The van der Waals surface area contributed by atoms with Crippen LogP contribution in [0.1, 0.15) is 20.3 Å². The van der Waals surface area contributed by atoms with Crippen LogP contribution in [0.2, 0.25) is 30.1 Å². The highest BCUT2D eigenvalue weighted by atomic mass is 35.5. The number of benzene rings is 2. The van der Waals surface area contributed by atoms with Crippen LogP contribution in [0.25, 0.3) is 0 Å². The topological polar surface area (TPSA) is 35.5 Å². The van der Waals surface area contributed by atoms with Gasteiger partial charge in [-0.25, -0.2) is 4.57 Å². The lowest BCUT2D eigenvalue weighted by molar-refractivity contribution is 0.373. The first-order chi connectivity index (χ1) is 12.1. The first kappa shape index (κ1) is 22.3. The highest BCUT2D eigenvalue weighted by molar-refractivity contribution is 7.55. The van der Waals surface area contributed by atoms with E-state index >= 15 is 0 Å². The van der Waals surface area contributed by atoms with E-state index in [0.717, 1.165) is 0 Å². The number of rotatable bonds is 6. The number of hydrogen-bond donors (Lipinski definition) is 0. The van der Waals surface area contributed by atoms with E-state index in [9.17, 15) is 4.57 Å². The van der Waals surface area contributed by atoms with Crippen LogP contribution in [-0.2, 0) is 4.57 Å². The Labute approximate surface area is 181 Å². The van der Waals surface area contributed by atoms with Crippen molar-refractivity contribution < 1.29 is 13.6 Å². The molecule has 0 aliphatic rings. The zero-order valence-corrected chi connectivity index (χ0v) is 19.0. The fraction of sp³-hybridized carbons (Fsp3) is 0.250. The summed E-state index contributed by atoms with van der Waals surface area (Å²) in [7, 11) is -3.82. The first-order valence-electron chi connectivity index (χ1n) is 7.35. The van der Waals surface area contributed by atoms with Crippen molar-refractivity contribution in [3.8, 4) is 11.5 Å². The Bertz CT molecular complexity index is 764. The third-order valence-electron chi connectivity index (χ3n) is 3.49. The summed E-state index contributed by atoms with van der Waals surface area (Å²) in [6, 6.07) is 5.70. The van der Waals surface area contributed by atoms with E-state index in [0.29, 0.717) is 16.5 Å². The predicted molar refractivity (Wildman–Crippen MR) is 112 cm³/mol. The maximum Gasteiger partial charge on any atom is 0.433 e. The van der Waals surface area contributed by atoms with E-state index < -0.39 is 13.3 Å². The molecule has 10 heteroatoms. The molecular weight excluding hydrogens is 484 g/mol. The second-order valence-electron chi connectivity index (χ2n) is 5.38. The predicted octanol–water partition coefficient (Wildman–Crippen LogP) is 9.06. The van der Waals surface area contributed by atoms with E-state index in [1.165, 1.54) is 24.3 Å². The van der Waals surface area contributed by atoms with Crippen molar-refractivity contribution in [2.45, 2.75) is 25.9 Å². The summed E-state index contributed by atoms with van der Waals surface area (Å²) in [6.07, 6.45) is 0.489. The maximum absolute atomic E-state index is 13.5. The average molecular weight is 497 g/mol. The lowest BCUT2D eigenvalue weighted by atomic mass is 10.3. The molecule has 0 radical (unpaired) electrons. The summed E-state index contributed by atoms with van der Waals surface area (Å²) < 4.78 is 24.9. The molecule has 26 heavy (non-hydrogen) atoms. The van der Waals surface area contributed by atoms with Crippen LogP contribution >= 0.6 is 77.2 Å². The molecule has 2 rings (SSSR count). The highest BCUT2D eigenvalue weighted by Crippen LogP contribution is 2.58. The molecule has 0 aliphatic carbocycles. The Morgan fingerprint density at radius 1 is 0.808 bits per heavy atom. The van der Waals surface area contributed by atoms with Crippen LogP contribution < -0.4 is 9.05 Å². The summed E-state index contributed by atoms with van der Waals surface area (Å²) in [6.45, 7) is 3.54. The van der Waals surface area contributed by atoms with E-state index in [-0.39, 0.29) is 31.6 Å². The standard InChI is InChI=1S/C16H13Cl6O3P/c1-3-8(2)26(23,24-15-11(19)4-9(17)5-12(15)20)25-16-13(21)6-10(18)7-14(16)22/h4-8H,3H2,1-2H3. The van der Waals surface area contributed by atoms with Crippen molar-refractivity contribution >= 4 is 77.2 Å². The molecule has 0 fully saturated rings. The molecule has 142 valence electrons. The van der Waals surface area contributed by atoms with Gasteiger partial charge in [0.05, 0.1) is 25.7 Å². The Morgan fingerprint density at radius 3 is 1.38 bits per heavy atom. The first-order valence-corrected chi connectivity index (χ1v) is 11.2. The van der Waals surface area contributed by atoms with E-state index in [1.54, 1.807) is 6.92 Å². The van der Waals surface area contributed by atoms with Crippen molar-refractivity contribution in [1.29, 1.82) is 0 Å². The lowest BCUT2D eigenvalue weighted by Gasteiger charge is -2.26. The molecule has 2 aromatic carbocycles. The van der Waals surface area contributed by atoms with E-state index in [4.69, 9.17) is 78.7 Å². The van der Waals surface area contributed by atoms with E-state index in [2.05, 4.69) is 0 Å². The maximum atomic E-state index is 13.5. The van der Waals surface area contributed by atoms with Crippen LogP contribution in [0.4, 0.5) is 0 Å². The van der Waals surface area contributed by atoms with Gasteiger partial charge in [0, 0.05) is 10.0 Å². The van der Waals surface area contributed by atoms with Gasteiger partial charge in [-0.1, -0.05) is 76.5 Å². The minimum absolute atomic E-state index is 0.00238. The molecule has 3 nitrogen and oxygen atoms in total. The number of hydrogen-bond acceptors (Lipinski definition) is 3. The summed E-state index contributed by atoms with van der Waals surface area (Å²) in [5.41, 5.74) is -0.506. The second-order valence-corrected chi connectivity index (χ2v) is 10.2. The molecule has 0 bridgehead atoms. The fourth-order valence-electron chi connectivity index (χ4n) is 1.91. The van der Waals surface area contributed by atoms with Gasteiger partial charge in [-0.3, -0.25) is 0 Å². The van der Waals surface area contributed by atoms with Crippen molar-refractivity contribution in [2.24, 2.45) is 0 Å². The Morgan fingerprint density at radius 2 is 1.12 bits per heavy atom. The van der Waals surface area contributed by atoms with Crippen molar-refractivity contribution in [2.75, 3.05) is 0 Å². The number of halogens is 6. The van der Waals surface area contributed by atoms with Gasteiger partial charge in [0.2, 0.25) is 0 Å². The molecule has 0 aliphatic heterocycles. The van der Waals surface area contributed by atoms with Gasteiger partial charge >= 0.3 is 7.60 Å². The van der Waals surface area contributed by atoms with Crippen molar-refractivity contribution in [1.82, 2.24) is 0 Å². The quantitative estimate of drug-likeness (QED) is 0.374. The summed E-state index contributed by atoms with van der Waals surface area (Å²) in [5, 5.41) is 1.03. The Hall–Kier alpha value is 0.01000. The minimum atomic E-state index is -3.82. The zero-order chi connectivity index (χ0) is 19.6. The van der Waals surface area contributed by atoms with Gasteiger partial charge in [-0.15, -0.1) is 0 Å². The van der Waals surface area contributed by atoms with Gasteiger partial charge < -0.3 is 9.05 Å².